The largest absolute Gasteiger partial charge is 0.366 e. The summed E-state index contributed by atoms with van der Waals surface area (Å²) < 4.78 is 0. The van der Waals surface area contributed by atoms with Gasteiger partial charge in [0.05, 0.1) is 5.92 Å². The molecule has 2 atom stereocenters. The summed E-state index contributed by atoms with van der Waals surface area (Å²) in [6, 6.07) is 4.94. The Balaban J connectivity index is 2.11. The van der Waals surface area contributed by atoms with E-state index in [-0.39, 0.29) is 17.9 Å². The Kier molecular flexibility index (Phi) is 3.85. The molecule has 1 aliphatic rings. The molecule has 1 aromatic carbocycles. The van der Waals surface area contributed by atoms with Crippen molar-refractivity contribution in [3.63, 3.8) is 0 Å². The minimum atomic E-state index is -0.473. The molecule has 19 heavy (non-hydrogen) atoms. The van der Waals surface area contributed by atoms with E-state index in [1.165, 1.54) is 0 Å². The monoisotopic (exact) mass is 261 g/mol. The van der Waals surface area contributed by atoms with Gasteiger partial charge in [0.1, 0.15) is 0 Å². The number of nitrogens with two attached hydrogens (primary N) is 2. The fraction of sp³-hybridized carbons (Fsp3) is 0.429. The summed E-state index contributed by atoms with van der Waals surface area (Å²) in [4.78, 5) is 23.2. The van der Waals surface area contributed by atoms with Gasteiger partial charge < -0.3 is 16.8 Å². The fourth-order valence-corrected chi connectivity index (χ4v) is 2.50. The van der Waals surface area contributed by atoms with Gasteiger partial charge in [-0.25, -0.2) is 0 Å². The van der Waals surface area contributed by atoms with Crippen molar-refractivity contribution in [1.29, 1.82) is 0 Å². The van der Waals surface area contributed by atoms with Crippen LogP contribution >= 0.6 is 0 Å². The van der Waals surface area contributed by atoms with Crippen LogP contribution in [0.3, 0.4) is 0 Å². The molecule has 0 aliphatic heterocycles. The van der Waals surface area contributed by atoms with Crippen LogP contribution in [0.5, 0.6) is 0 Å². The van der Waals surface area contributed by atoms with Crippen molar-refractivity contribution in [2.45, 2.75) is 32.2 Å². The van der Waals surface area contributed by atoms with Crippen molar-refractivity contribution in [1.82, 2.24) is 0 Å². The van der Waals surface area contributed by atoms with Crippen LogP contribution in [0.2, 0.25) is 0 Å². The zero-order chi connectivity index (χ0) is 14.0. The highest BCUT2D eigenvalue weighted by Gasteiger charge is 2.30. The Hall–Kier alpha value is -1.88. The second-order valence-electron chi connectivity index (χ2n) is 5.08. The molecule has 2 unspecified atom stereocenters. The van der Waals surface area contributed by atoms with Gasteiger partial charge in [0, 0.05) is 17.3 Å². The first kappa shape index (κ1) is 13.5. The van der Waals surface area contributed by atoms with Gasteiger partial charge >= 0.3 is 0 Å². The van der Waals surface area contributed by atoms with Crippen LogP contribution in [-0.2, 0) is 4.79 Å². The predicted octanol–water partition coefficient (Wildman–Crippen LogP) is 1.16. The van der Waals surface area contributed by atoms with Crippen LogP contribution < -0.4 is 16.8 Å². The number of nitrogens with one attached hydrogen (secondary N) is 1. The van der Waals surface area contributed by atoms with Gasteiger partial charge in [-0.2, -0.15) is 0 Å². The van der Waals surface area contributed by atoms with E-state index < -0.39 is 5.91 Å². The molecule has 1 aliphatic carbocycles. The highest BCUT2D eigenvalue weighted by atomic mass is 16.2. The van der Waals surface area contributed by atoms with Gasteiger partial charge in [0.15, 0.2) is 0 Å². The van der Waals surface area contributed by atoms with Crippen molar-refractivity contribution in [2.24, 2.45) is 17.4 Å². The number of aryl methyl sites for hydroxylation is 1. The first-order chi connectivity index (χ1) is 8.99. The van der Waals surface area contributed by atoms with Gasteiger partial charge in [0.25, 0.3) is 0 Å². The maximum atomic E-state index is 12.1. The molecule has 1 saturated carbocycles. The number of primary amides is 1. The molecule has 0 spiro atoms. The standard InChI is InChI=1S/C14H19N3O2/c1-8-7-9(13(16)18)5-6-12(8)17-14(19)10-3-2-4-11(10)15/h5-7,10-11H,2-4,15H2,1H3,(H2,16,18)(H,17,19). The average Bonchev–Trinajstić information content (AvgIpc) is 2.77. The van der Waals surface area contributed by atoms with Crippen molar-refractivity contribution in [2.75, 3.05) is 5.32 Å². The third-order valence-electron chi connectivity index (χ3n) is 3.67. The highest BCUT2D eigenvalue weighted by molar-refractivity contribution is 5.96. The number of hydrogen-bond donors (Lipinski definition) is 3. The average molecular weight is 261 g/mol. The van der Waals surface area contributed by atoms with E-state index in [9.17, 15) is 9.59 Å². The van der Waals surface area contributed by atoms with Gasteiger partial charge in [0.2, 0.25) is 11.8 Å². The van der Waals surface area contributed by atoms with E-state index in [4.69, 9.17) is 11.5 Å². The van der Waals surface area contributed by atoms with Crippen molar-refractivity contribution >= 4 is 17.5 Å². The van der Waals surface area contributed by atoms with E-state index in [0.29, 0.717) is 11.3 Å². The normalized spacial score (nSPS) is 22.2. The Morgan fingerprint density at radius 3 is 2.58 bits per heavy atom. The summed E-state index contributed by atoms with van der Waals surface area (Å²) in [5.41, 5.74) is 13.1. The minimum Gasteiger partial charge on any atom is -0.366 e. The van der Waals surface area contributed by atoms with Gasteiger partial charge in [-0.05, 0) is 43.5 Å². The van der Waals surface area contributed by atoms with E-state index in [1.54, 1.807) is 18.2 Å². The SMILES string of the molecule is Cc1cc(C(N)=O)ccc1NC(=O)C1CCCC1N. The Bertz CT molecular complexity index is 513. The third kappa shape index (κ3) is 2.93. The lowest BCUT2D eigenvalue weighted by atomic mass is 10.0. The minimum absolute atomic E-state index is 0.0417. The number of amides is 2. The summed E-state index contributed by atoms with van der Waals surface area (Å²) in [5, 5.41) is 2.88. The lowest BCUT2D eigenvalue weighted by molar-refractivity contribution is -0.120. The van der Waals surface area contributed by atoms with Crippen LogP contribution in [-0.4, -0.2) is 17.9 Å². The number of rotatable bonds is 3. The molecule has 5 heteroatoms. The zero-order valence-corrected chi connectivity index (χ0v) is 11.0. The van der Waals surface area contributed by atoms with E-state index in [0.717, 1.165) is 24.8 Å². The zero-order valence-electron chi connectivity index (χ0n) is 11.0. The lowest BCUT2D eigenvalue weighted by Gasteiger charge is -2.16. The molecule has 2 amide bonds. The summed E-state index contributed by atoms with van der Waals surface area (Å²) in [6.45, 7) is 1.83. The van der Waals surface area contributed by atoms with Crippen molar-refractivity contribution < 1.29 is 9.59 Å². The number of benzene rings is 1. The van der Waals surface area contributed by atoms with E-state index in [2.05, 4.69) is 5.32 Å². The molecular weight excluding hydrogens is 242 g/mol. The smallest absolute Gasteiger partial charge is 0.248 e. The topological polar surface area (TPSA) is 98.2 Å². The van der Waals surface area contributed by atoms with Crippen LogP contribution in [0, 0.1) is 12.8 Å². The Morgan fingerprint density at radius 1 is 1.32 bits per heavy atom. The summed E-state index contributed by atoms with van der Waals surface area (Å²) in [7, 11) is 0. The van der Waals surface area contributed by atoms with Crippen LogP contribution in [0.1, 0.15) is 35.2 Å². The Labute approximate surface area is 112 Å². The summed E-state index contributed by atoms with van der Waals surface area (Å²) in [6.07, 6.45) is 2.74. The quantitative estimate of drug-likeness (QED) is 0.761. The fourth-order valence-electron chi connectivity index (χ4n) is 2.50. The first-order valence-electron chi connectivity index (χ1n) is 6.46. The number of hydrogen-bond acceptors (Lipinski definition) is 3. The maximum Gasteiger partial charge on any atom is 0.248 e. The van der Waals surface area contributed by atoms with Crippen molar-refractivity contribution in [3.8, 4) is 0 Å². The summed E-state index contributed by atoms with van der Waals surface area (Å²) >= 11 is 0. The van der Waals surface area contributed by atoms with E-state index >= 15 is 0 Å². The molecule has 0 bridgehead atoms. The van der Waals surface area contributed by atoms with Gasteiger partial charge in [-0.1, -0.05) is 6.42 Å². The summed E-state index contributed by atoms with van der Waals surface area (Å²) in [5.74, 6) is -0.631. The molecule has 5 N–H and O–H groups in total. The molecular formula is C14H19N3O2. The number of anilines is 1. The molecule has 0 aromatic heterocycles. The number of carbonyl (C=O) groups is 2. The molecule has 2 rings (SSSR count). The van der Waals surface area contributed by atoms with Crippen LogP contribution in [0.15, 0.2) is 18.2 Å². The molecule has 5 nitrogen and oxygen atoms in total. The van der Waals surface area contributed by atoms with E-state index in [1.807, 2.05) is 6.92 Å². The maximum absolute atomic E-state index is 12.1. The van der Waals surface area contributed by atoms with Gasteiger partial charge in [-0.15, -0.1) is 0 Å². The van der Waals surface area contributed by atoms with Gasteiger partial charge in [-0.3, -0.25) is 9.59 Å². The molecule has 1 fully saturated rings. The molecule has 1 aromatic rings. The Morgan fingerprint density at radius 2 is 2.05 bits per heavy atom. The second-order valence-corrected chi connectivity index (χ2v) is 5.08. The molecule has 102 valence electrons. The number of carbonyl (C=O) groups excluding carboxylic acids is 2. The second kappa shape index (κ2) is 5.40. The lowest BCUT2D eigenvalue weighted by Crippen LogP contribution is -2.34. The highest BCUT2D eigenvalue weighted by Crippen LogP contribution is 2.26. The van der Waals surface area contributed by atoms with Crippen LogP contribution in [0.25, 0.3) is 0 Å². The molecule has 0 radical (unpaired) electrons. The third-order valence-corrected chi connectivity index (χ3v) is 3.67. The predicted molar refractivity (Wildman–Crippen MR) is 73.6 cm³/mol. The van der Waals surface area contributed by atoms with Crippen molar-refractivity contribution in [3.05, 3.63) is 29.3 Å². The molecule has 0 saturated heterocycles. The van der Waals surface area contributed by atoms with Crippen LogP contribution in [0.4, 0.5) is 5.69 Å². The molecule has 0 heterocycles. The first-order valence-corrected chi connectivity index (χ1v) is 6.46.